The number of pyridine rings is 1. The first kappa shape index (κ1) is 19.5. The summed E-state index contributed by atoms with van der Waals surface area (Å²) in [6, 6.07) is 11.7. The summed E-state index contributed by atoms with van der Waals surface area (Å²) in [5.41, 5.74) is 5.03. The van der Waals surface area contributed by atoms with Crippen molar-refractivity contribution in [3.05, 3.63) is 59.4 Å². The zero-order chi connectivity index (χ0) is 20.5. The maximum atomic E-state index is 12.0. The van der Waals surface area contributed by atoms with Crippen LogP contribution in [0.5, 0.6) is 5.75 Å². The molecule has 1 atom stereocenters. The van der Waals surface area contributed by atoms with Gasteiger partial charge in [-0.15, -0.1) is 0 Å². The third-order valence-electron chi connectivity index (χ3n) is 5.85. The van der Waals surface area contributed by atoms with Gasteiger partial charge in [-0.05, 0) is 49.2 Å². The maximum Gasteiger partial charge on any atom is 0.336 e. The van der Waals surface area contributed by atoms with Crippen molar-refractivity contribution in [1.82, 2.24) is 9.30 Å². The van der Waals surface area contributed by atoms with Gasteiger partial charge in [0.15, 0.2) is 0 Å². The van der Waals surface area contributed by atoms with E-state index in [1.165, 1.54) is 0 Å². The first-order chi connectivity index (χ1) is 14.0. The molecule has 1 unspecified atom stereocenters. The zero-order valence-corrected chi connectivity index (χ0v) is 17.0. The molecule has 0 saturated carbocycles. The van der Waals surface area contributed by atoms with Crippen LogP contribution in [0.15, 0.2) is 42.6 Å². The van der Waals surface area contributed by atoms with E-state index in [9.17, 15) is 9.90 Å². The van der Waals surface area contributed by atoms with E-state index in [1.54, 1.807) is 13.2 Å². The van der Waals surface area contributed by atoms with Gasteiger partial charge in [-0.3, -0.25) is 4.90 Å². The number of morpholine rings is 1. The van der Waals surface area contributed by atoms with E-state index in [-0.39, 0.29) is 6.04 Å². The molecule has 1 aromatic carbocycles. The molecule has 1 saturated heterocycles. The Labute approximate surface area is 170 Å². The van der Waals surface area contributed by atoms with E-state index >= 15 is 0 Å². The second kappa shape index (κ2) is 7.89. The number of hydrogen-bond acceptors (Lipinski definition) is 4. The second-order valence-corrected chi connectivity index (χ2v) is 7.41. The summed E-state index contributed by atoms with van der Waals surface area (Å²) >= 11 is 0. The summed E-state index contributed by atoms with van der Waals surface area (Å²) in [5, 5.41) is 9.86. The Bertz CT molecular complexity index is 1050. The van der Waals surface area contributed by atoms with Crippen molar-refractivity contribution >= 4 is 11.5 Å². The molecule has 0 bridgehead atoms. The number of nitrogens with zero attached hydrogens (tertiary/aromatic N) is 2. The van der Waals surface area contributed by atoms with Gasteiger partial charge in [-0.2, -0.15) is 0 Å². The number of carboxylic acid groups (broad SMARTS) is 1. The largest absolute Gasteiger partial charge is 0.497 e. The van der Waals surface area contributed by atoms with Crippen LogP contribution in [0.1, 0.15) is 34.6 Å². The summed E-state index contributed by atoms with van der Waals surface area (Å²) in [6.45, 7) is 7.12. The number of aromatic nitrogens is 1. The molecule has 1 aliphatic rings. The summed E-state index contributed by atoms with van der Waals surface area (Å²) < 4.78 is 13.0. The summed E-state index contributed by atoms with van der Waals surface area (Å²) in [7, 11) is 1.64. The van der Waals surface area contributed by atoms with Crippen molar-refractivity contribution in [1.29, 1.82) is 0 Å². The molecule has 0 amide bonds. The third kappa shape index (κ3) is 3.50. The van der Waals surface area contributed by atoms with Gasteiger partial charge in [-0.1, -0.05) is 12.1 Å². The standard InChI is InChI=1S/C23H26N2O4/c1-15-20(23(26)27)14-21-19(17-5-4-6-18(13-17)28-3)7-8-25(21)22(15)16(2)24-9-11-29-12-10-24/h4-8,13-14,16H,9-12H2,1-3H3,(H,26,27). The number of hydrogen-bond donors (Lipinski definition) is 1. The molecule has 1 N–H and O–H groups in total. The molecule has 4 rings (SSSR count). The van der Waals surface area contributed by atoms with E-state index in [0.717, 1.165) is 46.7 Å². The fourth-order valence-corrected chi connectivity index (χ4v) is 4.27. The summed E-state index contributed by atoms with van der Waals surface area (Å²) in [4.78, 5) is 14.4. The van der Waals surface area contributed by atoms with Crippen molar-refractivity contribution in [3.63, 3.8) is 0 Å². The van der Waals surface area contributed by atoms with Crippen molar-refractivity contribution in [2.75, 3.05) is 33.4 Å². The lowest BCUT2D eigenvalue weighted by Gasteiger charge is -2.34. The van der Waals surface area contributed by atoms with Gasteiger partial charge >= 0.3 is 5.97 Å². The van der Waals surface area contributed by atoms with Crippen LogP contribution in [-0.2, 0) is 4.74 Å². The second-order valence-electron chi connectivity index (χ2n) is 7.41. The van der Waals surface area contributed by atoms with Gasteiger partial charge in [0.25, 0.3) is 0 Å². The average molecular weight is 394 g/mol. The first-order valence-electron chi connectivity index (χ1n) is 9.85. The van der Waals surface area contributed by atoms with Crippen molar-refractivity contribution in [2.24, 2.45) is 0 Å². The van der Waals surface area contributed by atoms with Gasteiger partial charge in [0.05, 0.1) is 31.4 Å². The number of aromatic carboxylic acids is 1. The SMILES string of the molecule is COc1cccc(-c2ccn3c(C(C)N4CCOCC4)c(C)c(C(=O)O)cc23)c1. The average Bonchev–Trinajstić information content (AvgIpc) is 3.17. The molecule has 0 radical (unpaired) electrons. The monoisotopic (exact) mass is 394 g/mol. The third-order valence-corrected chi connectivity index (χ3v) is 5.85. The molecule has 6 nitrogen and oxygen atoms in total. The minimum atomic E-state index is -0.904. The summed E-state index contributed by atoms with van der Waals surface area (Å²) in [6.07, 6.45) is 2.04. The lowest BCUT2D eigenvalue weighted by molar-refractivity contribution is 0.0187. The van der Waals surface area contributed by atoms with Crippen LogP contribution in [0, 0.1) is 6.92 Å². The molecule has 29 heavy (non-hydrogen) atoms. The first-order valence-corrected chi connectivity index (χ1v) is 9.85. The van der Waals surface area contributed by atoms with Crippen LogP contribution in [0.3, 0.4) is 0 Å². The van der Waals surface area contributed by atoms with E-state index in [4.69, 9.17) is 9.47 Å². The lowest BCUT2D eigenvalue weighted by Crippen LogP contribution is -2.39. The van der Waals surface area contributed by atoms with E-state index in [2.05, 4.69) is 16.2 Å². The Morgan fingerprint density at radius 3 is 2.66 bits per heavy atom. The number of carboxylic acids is 1. The van der Waals surface area contributed by atoms with Gasteiger partial charge in [0.2, 0.25) is 0 Å². The van der Waals surface area contributed by atoms with Crippen molar-refractivity contribution < 1.29 is 19.4 Å². The highest BCUT2D eigenvalue weighted by Crippen LogP contribution is 2.34. The molecule has 2 aromatic heterocycles. The molecule has 1 fully saturated rings. The lowest BCUT2D eigenvalue weighted by atomic mass is 9.99. The smallest absolute Gasteiger partial charge is 0.336 e. The van der Waals surface area contributed by atoms with Gasteiger partial charge in [0, 0.05) is 36.6 Å². The highest BCUT2D eigenvalue weighted by Gasteiger charge is 2.26. The molecule has 3 aromatic rings. The topological polar surface area (TPSA) is 63.4 Å². The number of carbonyl (C=O) groups is 1. The quantitative estimate of drug-likeness (QED) is 0.708. The normalized spacial score (nSPS) is 16.1. The number of methoxy groups -OCH3 is 1. The van der Waals surface area contributed by atoms with Crippen LogP contribution in [0.2, 0.25) is 0 Å². The van der Waals surface area contributed by atoms with Crippen LogP contribution >= 0.6 is 0 Å². The Balaban J connectivity index is 1.91. The van der Waals surface area contributed by atoms with Gasteiger partial charge in [-0.25, -0.2) is 4.79 Å². The molecule has 3 heterocycles. The molecule has 6 heteroatoms. The van der Waals surface area contributed by atoms with Crippen molar-refractivity contribution in [2.45, 2.75) is 19.9 Å². The molecular weight excluding hydrogens is 368 g/mol. The highest BCUT2D eigenvalue weighted by molar-refractivity contribution is 5.94. The van der Waals surface area contributed by atoms with Crippen LogP contribution < -0.4 is 4.74 Å². The maximum absolute atomic E-state index is 12.0. The van der Waals surface area contributed by atoms with Crippen LogP contribution in [0.25, 0.3) is 16.6 Å². The predicted octanol–water partition coefficient (Wildman–Crippen LogP) is 4.01. The highest BCUT2D eigenvalue weighted by atomic mass is 16.5. The fourth-order valence-electron chi connectivity index (χ4n) is 4.27. The Kier molecular flexibility index (Phi) is 5.30. The van der Waals surface area contributed by atoms with E-state index < -0.39 is 5.97 Å². The minimum absolute atomic E-state index is 0.0752. The zero-order valence-electron chi connectivity index (χ0n) is 17.0. The Hall–Kier alpha value is -2.83. The number of rotatable bonds is 5. The molecule has 152 valence electrons. The van der Waals surface area contributed by atoms with Gasteiger partial charge < -0.3 is 19.0 Å². The minimum Gasteiger partial charge on any atom is -0.497 e. The van der Waals surface area contributed by atoms with Crippen LogP contribution in [0.4, 0.5) is 0 Å². The van der Waals surface area contributed by atoms with E-state index in [1.807, 2.05) is 43.5 Å². The molecule has 1 aliphatic heterocycles. The molecule has 0 spiro atoms. The molecule has 0 aliphatic carbocycles. The van der Waals surface area contributed by atoms with Gasteiger partial charge in [0.1, 0.15) is 5.75 Å². The Morgan fingerprint density at radius 2 is 1.97 bits per heavy atom. The number of ether oxygens (including phenoxy) is 2. The number of benzene rings is 1. The molecular formula is C23H26N2O4. The van der Waals surface area contributed by atoms with Crippen LogP contribution in [-0.4, -0.2) is 53.8 Å². The number of fused-ring (bicyclic) bond motifs is 1. The fraction of sp³-hybridized carbons (Fsp3) is 0.348. The predicted molar refractivity (Wildman–Crippen MR) is 112 cm³/mol. The van der Waals surface area contributed by atoms with E-state index in [0.29, 0.717) is 18.8 Å². The van der Waals surface area contributed by atoms with Crippen molar-refractivity contribution in [3.8, 4) is 16.9 Å². The summed E-state index contributed by atoms with van der Waals surface area (Å²) in [5.74, 6) is -0.132. The Morgan fingerprint density at radius 1 is 1.21 bits per heavy atom.